The van der Waals surface area contributed by atoms with Crippen LogP contribution in [-0.2, 0) is 9.53 Å². The molecule has 6 heteroatoms. The Balaban J connectivity index is 0. The van der Waals surface area contributed by atoms with Gasteiger partial charge in [-0.25, -0.2) is 9.59 Å². The molecule has 16 heavy (non-hydrogen) atoms. The number of carboxylic acid groups (broad SMARTS) is 1. The van der Waals surface area contributed by atoms with Crippen LogP contribution in [0.25, 0.3) is 0 Å². The maximum Gasteiger partial charge on any atom is 0.402 e. The second kappa shape index (κ2) is 7.29. The van der Waals surface area contributed by atoms with Crippen LogP contribution in [-0.4, -0.2) is 22.8 Å². The van der Waals surface area contributed by atoms with Crippen LogP contribution in [0.1, 0.15) is 27.2 Å². The molecular formula is C10H16N2O4. The Kier molecular flexibility index (Phi) is 7.47. The van der Waals surface area contributed by atoms with E-state index in [1.54, 1.807) is 20.8 Å². The average Bonchev–Trinajstić information content (AvgIpc) is 2.01. The molecule has 3 N–H and O–H groups in total. The van der Waals surface area contributed by atoms with Gasteiger partial charge >= 0.3 is 12.1 Å². The molecular weight excluding hydrogens is 212 g/mol. The number of amides is 1. The van der Waals surface area contributed by atoms with E-state index in [4.69, 9.17) is 19.9 Å². The third-order valence-electron chi connectivity index (χ3n) is 1.22. The molecule has 90 valence electrons. The van der Waals surface area contributed by atoms with Crippen LogP contribution in [0.15, 0.2) is 12.2 Å². The summed E-state index contributed by atoms with van der Waals surface area (Å²) >= 11 is 0. The van der Waals surface area contributed by atoms with E-state index in [1.807, 2.05) is 6.07 Å². The monoisotopic (exact) mass is 228 g/mol. The molecule has 0 fully saturated rings. The summed E-state index contributed by atoms with van der Waals surface area (Å²) in [6.45, 7) is 8.40. The summed E-state index contributed by atoms with van der Waals surface area (Å²) in [5, 5.41) is 15.6. The largest absolute Gasteiger partial charge is 0.465 e. The fraction of sp³-hybridized carbons (Fsp3) is 0.500. The highest BCUT2D eigenvalue weighted by Gasteiger charge is 2.22. The molecule has 0 bridgehead atoms. The number of hydrogen-bond acceptors (Lipinski definition) is 4. The predicted molar refractivity (Wildman–Crippen MR) is 57.4 cm³/mol. The van der Waals surface area contributed by atoms with Gasteiger partial charge in [0.2, 0.25) is 0 Å². The summed E-state index contributed by atoms with van der Waals surface area (Å²) in [5.74, 6) is -0.449. The zero-order chi connectivity index (χ0) is 13.4. The van der Waals surface area contributed by atoms with Gasteiger partial charge < -0.3 is 15.6 Å². The van der Waals surface area contributed by atoms with Crippen molar-refractivity contribution in [2.24, 2.45) is 5.73 Å². The van der Waals surface area contributed by atoms with Gasteiger partial charge in [-0.2, -0.15) is 5.26 Å². The first-order valence-electron chi connectivity index (χ1n) is 4.36. The molecule has 0 rings (SSSR count). The van der Waals surface area contributed by atoms with Gasteiger partial charge in [0, 0.05) is 5.57 Å². The van der Waals surface area contributed by atoms with Gasteiger partial charge in [0.1, 0.15) is 5.60 Å². The molecule has 0 spiro atoms. The van der Waals surface area contributed by atoms with E-state index in [0.29, 0.717) is 5.57 Å². The zero-order valence-corrected chi connectivity index (χ0v) is 9.61. The molecule has 0 aliphatic heterocycles. The molecule has 0 radical (unpaired) electrons. The molecule has 0 aromatic carbocycles. The van der Waals surface area contributed by atoms with Crippen molar-refractivity contribution in [3.05, 3.63) is 12.2 Å². The van der Waals surface area contributed by atoms with Gasteiger partial charge in [-0.1, -0.05) is 6.58 Å². The number of nitrogens with two attached hydrogens (primary N) is 1. The van der Waals surface area contributed by atoms with E-state index < -0.39 is 17.7 Å². The van der Waals surface area contributed by atoms with Crippen molar-refractivity contribution < 1.29 is 19.4 Å². The summed E-state index contributed by atoms with van der Waals surface area (Å²) in [7, 11) is 0. The Morgan fingerprint density at radius 3 is 2.19 bits per heavy atom. The van der Waals surface area contributed by atoms with Crippen molar-refractivity contribution in [2.75, 3.05) is 0 Å². The Labute approximate surface area is 94.3 Å². The van der Waals surface area contributed by atoms with E-state index >= 15 is 0 Å². The lowest BCUT2D eigenvalue weighted by atomic mass is 10.1. The molecule has 0 saturated carbocycles. The van der Waals surface area contributed by atoms with Gasteiger partial charge in [-0.3, -0.25) is 0 Å². The quantitative estimate of drug-likeness (QED) is 0.560. The van der Waals surface area contributed by atoms with E-state index in [9.17, 15) is 4.79 Å². The van der Waals surface area contributed by atoms with Crippen molar-refractivity contribution in [2.45, 2.75) is 32.8 Å². The molecule has 0 aliphatic rings. The van der Waals surface area contributed by atoms with Crippen LogP contribution < -0.4 is 5.73 Å². The summed E-state index contributed by atoms with van der Waals surface area (Å²) in [5.41, 5.74) is 3.66. The van der Waals surface area contributed by atoms with Crippen molar-refractivity contribution >= 4 is 12.1 Å². The lowest BCUT2D eigenvalue weighted by Crippen LogP contribution is -2.27. The van der Waals surface area contributed by atoms with Gasteiger partial charge in [0.15, 0.2) is 0 Å². The smallest absolute Gasteiger partial charge is 0.402 e. The lowest BCUT2D eigenvalue weighted by Gasteiger charge is -2.21. The minimum absolute atomic E-state index is 0.187. The first-order chi connectivity index (χ1) is 7.12. The third kappa shape index (κ3) is 12.0. The zero-order valence-electron chi connectivity index (χ0n) is 9.61. The Morgan fingerprint density at radius 2 is 1.94 bits per heavy atom. The van der Waals surface area contributed by atoms with Crippen molar-refractivity contribution in [3.8, 4) is 6.07 Å². The van der Waals surface area contributed by atoms with Gasteiger partial charge in [-0.15, -0.1) is 0 Å². The van der Waals surface area contributed by atoms with E-state index in [2.05, 4.69) is 12.3 Å². The fourth-order valence-electron chi connectivity index (χ4n) is 0.565. The maximum absolute atomic E-state index is 11.0. The summed E-state index contributed by atoms with van der Waals surface area (Å²) < 4.78 is 4.98. The predicted octanol–water partition coefficient (Wildman–Crippen LogP) is 1.42. The van der Waals surface area contributed by atoms with Crippen molar-refractivity contribution in [1.82, 2.24) is 0 Å². The Morgan fingerprint density at radius 1 is 1.56 bits per heavy atom. The van der Waals surface area contributed by atoms with Gasteiger partial charge in [0.25, 0.3) is 0 Å². The molecule has 0 atom stereocenters. The van der Waals surface area contributed by atoms with E-state index in [1.165, 1.54) is 0 Å². The Hall–Kier alpha value is -2.03. The number of nitriles is 1. The number of hydrogen-bond donors (Lipinski definition) is 2. The van der Waals surface area contributed by atoms with Gasteiger partial charge in [-0.05, 0) is 20.8 Å². The number of rotatable bonds is 3. The molecule has 6 nitrogen and oxygen atoms in total. The molecule has 0 aromatic heterocycles. The number of ether oxygens (including phenoxy) is 1. The molecule has 0 saturated heterocycles. The molecule has 0 unspecified atom stereocenters. The van der Waals surface area contributed by atoms with E-state index in [-0.39, 0.29) is 6.42 Å². The van der Waals surface area contributed by atoms with Gasteiger partial charge in [0.05, 0.1) is 12.5 Å². The highest BCUT2D eigenvalue weighted by molar-refractivity contribution is 5.87. The minimum atomic E-state index is -1.33. The lowest BCUT2D eigenvalue weighted by molar-refractivity contribution is -0.150. The van der Waals surface area contributed by atoms with Crippen LogP contribution >= 0.6 is 0 Å². The highest BCUT2D eigenvalue weighted by atomic mass is 16.6. The van der Waals surface area contributed by atoms with Crippen LogP contribution in [0.5, 0.6) is 0 Å². The first kappa shape index (κ1) is 16.4. The van der Waals surface area contributed by atoms with Crippen LogP contribution in [0.3, 0.4) is 0 Å². The number of primary amides is 1. The first-order valence-corrected chi connectivity index (χ1v) is 4.36. The maximum atomic E-state index is 11.0. The normalized spacial score (nSPS) is 9.12. The SMILES string of the molecule is C=C(C)C(=O)OC(C)(C)CC#N.NC(=O)O. The number of carbonyl (C=O) groups is 2. The topological polar surface area (TPSA) is 113 Å². The molecule has 0 aromatic rings. The number of esters is 1. The second-order valence-electron chi connectivity index (χ2n) is 3.60. The molecule has 0 heterocycles. The second-order valence-corrected chi connectivity index (χ2v) is 3.60. The number of nitrogens with zero attached hydrogens (tertiary/aromatic N) is 1. The Bertz CT molecular complexity index is 311. The minimum Gasteiger partial charge on any atom is -0.465 e. The fourth-order valence-corrected chi connectivity index (χ4v) is 0.565. The summed E-state index contributed by atoms with van der Waals surface area (Å²) in [4.78, 5) is 19.8. The highest BCUT2D eigenvalue weighted by Crippen LogP contribution is 2.15. The summed E-state index contributed by atoms with van der Waals surface area (Å²) in [6.07, 6.45) is -1.15. The number of carbonyl (C=O) groups excluding carboxylic acids is 1. The van der Waals surface area contributed by atoms with Crippen LogP contribution in [0.4, 0.5) is 4.79 Å². The van der Waals surface area contributed by atoms with Crippen LogP contribution in [0.2, 0.25) is 0 Å². The molecule has 1 amide bonds. The third-order valence-corrected chi connectivity index (χ3v) is 1.22. The van der Waals surface area contributed by atoms with E-state index in [0.717, 1.165) is 0 Å². The van der Waals surface area contributed by atoms with Crippen molar-refractivity contribution in [3.63, 3.8) is 0 Å². The van der Waals surface area contributed by atoms with Crippen LogP contribution in [0, 0.1) is 11.3 Å². The standard InChI is InChI=1S/C9H13NO2.CH3NO2/c1-7(2)8(11)12-9(3,4)5-6-10;2-1(3)4/h1,5H2,2-4H3;2H2,(H,3,4). The average molecular weight is 228 g/mol. The summed E-state index contributed by atoms with van der Waals surface area (Å²) in [6, 6.07) is 1.95. The van der Waals surface area contributed by atoms with Crippen molar-refractivity contribution in [1.29, 1.82) is 5.26 Å². The molecule has 0 aliphatic carbocycles.